The van der Waals surface area contributed by atoms with Crippen LogP contribution in [0.5, 0.6) is 5.75 Å². The van der Waals surface area contributed by atoms with E-state index in [4.69, 9.17) is 4.74 Å². The highest BCUT2D eigenvalue weighted by Gasteiger charge is 2.32. The van der Waals surface area contributed by atoms with Crippen molar-refractivity contribution < 1.29 is 18.7 Å². The third-order valence-electron chi connectivity index (χ3n) is 6.47. The van der Waals surface area contributed by atoms with Gasteiger partial charge >= 0.3 is 0 Å². The number of fused-ring (bicyclic) bond motifs is 1. The minimum absolute atomic E-state index is 0.0990. The number of hydrogen-bond acceptors (Lipinski definition) is 4. The van der Waals surface area contributed by atoms with Crippen LogP contribution in [0.2, 0.25) is 0 Å². The number of likely N-dealkylation sites (tertiary alicyclic amines) is 1. The van der Waals surface area contributed by atoms with Gasteiger partial charge < -0.3 is 14.5 Å². The zero-order valence-electron chi connectivity index (χ0n) is 18.4. The van der Waals surface area contributed by atoms with Gasteiger partial charge in [-0.2, -0.15) is 5.10 Å². The van der Waals surface area contributed by atoms with Crippen LogP contribution in [0.25, 0.3) is 0 Å². The number of anilines is 1. The van der Waals surface area contributed by atoms with Gasteiger partial charge in [-0.25, -0.2) is 4.39 Å². The first-order valence-electron chi connectivity index (χ1n) is 11.2. The van der Waals surface area contributed by atoms with Gasteiger partial charge in [-0.05, 0) is 61.6 Å². The predicted octanol–water partition coefficient (Wildman–Crippen LogP) is 4.13. The fourth-order valence-corrected chi connectivity index (χ4v) is 4.77. The van der Waals surface area contributed by atoms with Crippen LogP contribution in [0.1, 0.15) is 57.4 Å². The Morgan fingerprint density at radius 1 is 1.09 bits per heavy atom. The predicted molar refractivity (Wildman–Crippen MR) is 121 cm³/mol. The van der Waals surface area contributed by atoms with Crippen LogP contribution < -0.4 is 9.64 Å². The number of halogens is 1. The molecule has 1 atom stereocenters. The molecular weight excluding hydrogens is 423 g/mol. The average Bonchev–Trinajstić information content (AvgIpc) is 3.51. The minimum atomic E-state index is -0.572. The van der Waals surface area contributed by atoms with E-state index in [0.29, 0.717) is 24.5 Å². The molecule has 170 valence electrons. The quantitative estimate of drug-likeness (QED) is 0.651. The molecule has 1 aromatic heterocycles. The van der Waals surface area contributed by atoms with Crippen molar-refractivity contribution in [3.63, 3.8) is 0 Å². The molecule has 3 aromatic rings. The molecule has 2 aliphatic rings. The number of benzene rings is 2. The fraction of sp³-hybridized carbons (Fsp3) is 0.320. The largest absolute Gasteiger partial charge is 0.494 e. The summed E-state index contributed by atoms with van der Waals surface area (Å²) < 4.78 is 19.1. The summed E-state index contributed by atoms with van der Waals surface area (Å²) in [5.74, 6) is -0.884. The van der Waals surface area contributed by atoms with E-state index in [1.165, 1.54) is 19.2 Å². The van der Waals surface area contributed by atoms with Crippen LogP contribution in [0, 0.1) is 5.82 Å². The van der Waals surface area contributed by atoms with Crippen molar-refractivity contribution in [2.75, 3.05) is 25.1 Å². The van der Waals surface area contributed by atoms with Gasteiger partial charge in [-0.1, -0.05) is 18.2 Å². The third-order valence-corrected chi connectivity index (χ3v) is 6.47. The van der Waals surface area contributed by atoms with Gasteiger partial charge in [0.25, 0.3) is 11.8 Å². The number of carbonyl (C=O) groups excluding carboxylic acids is 2. The summed E-state index contributed by atoms with van der Waals surface area (Å²) in [5.41, 5.74) is 3.38. The van der Waals surface area contributed by atoms with Crippen LogP contribution in [0.15, 0.2) is 48.5 Å². The van der Waals surface area contributed by atoms with Gasteiger partial charge in [0.2, 0.25) is 0 Å². The van der Waals surface area contributed by atoms with Crippen LogP contribution in [0.3, 0.4) is 0 Å². The van der Waals surface area contributed by atoms with Crippen molar-refractivity contribution in [2.45, 2.75) is 31.7 Å². The number of aromatic amines is 1. The fourth-order valence-electron chi connectivity index (χ4n) is 4.77. The smallest absolute Gasteiger partial charge is 0.278 e. The molecule has 8 heteroatoms. The lowest BCUT2D eigenvalue weighted by atomic mass is 9.98. The number of nitrogens with one attached hydrogen (secondary N) is 1. The summed E-state index contributed by atoms with van der Waals surface area (Å²) in [7, 11) is 1.39. The lowest BCUT2D eigenvalue weighted by Gasteiger charge is -2.35. The highest BCUT2D eigenvalue weighted by atomic mass is 19.1. The molecule has 1 unspecified atom stereocenters. The Morgan fingerprint density at radius 2 is 1.94 bits per heavy atom. The Labute approximate surface area is 191 Å². The van der Waals surface area contributed by atoms with E-state index in [2.05, 4.69) is 10.2 Å². The Hall–Kier alpha value is -3.68. The maximum Gasteiger partial charge on any atom is 0.278 e. The molecule has 2 aromatic carbocycles. The lowest BCUT2D eigenvalue weighted by molar-refractivity contribution is 0.0605. The second-order valence-electron chi connectivity index (χ2n) is 8.40. The van der Waals surface area contributed by atoms with Gasteiger partial charge in [-0.15, -0.1) is 0 Å². The maximum atomic E-state index is 14.2. The number of para-hydroxylation sites is 1. The first kappa shape index (κ1) is 21.2. The van der Waals surface area contributed by atoms with Crippen LogP contribution in [-0.2, 0) is 6.42 Å². The van der Waals surface area contributed by atoms with E-state index in [0.717, 1.165) is 36.9 Å². The van der Waals surface area contributed by atoms with Gasteiger partial charge in [0.1, 0.15) is 0 Å². The molecule has 2 amide bonds. The Balaban J connectivity index is 1.38. The third kappa shape index (κ3) is 3.86. The van der Waals surface area contributed by atoms with Gasteiger partial charge in [-0.3, -0.25) is 14.7 Å². The van der Waals surface area contributed by atoms with Crippen molar-refractivity contribution in [1.29, 1.82) is 0 Å². The molecule has 5 rings (SSSR count). The highest BCUT2D eigenvalue weighted by molar-refractivity contribution is 6.06. The molecule has 1 saturated heterocycles. The van der Waals surface area contributed by atoms with Gasteiger partial charge in [0, 0.05) is 24.3 Å². The number of nitrogens with zero attached hydrogens (tertiary/aromatic N) is 3. The summed E-state index contributed by atoms with van der Waals surface area (Å²) in [4.78, 5) is 29.9. The Morgan fingerprint density at radius 3 is 2.76 bits per heavy atom. The van der Waals surface area contributed by atoms with E-state index >= 15 is 0 Å². The lowest BCUT2D eigenvalue weighted by Crippen LogP contribution is -2.38. The van der Waals surface area contributed by atoms with Crippen LogP contribution in [-0.4, -0.2) is 47.1 Å². The first-order valence-corrected chi connectivity index (χ1v) is 11.2. The number of hydrogen-bond donors (Lipinski definition) is 1. The normalized spacial score (nSPS) is 17.7. The zero-order valence-corrected chi connectivity index (χ0v) is 18.4. The molecule has 2 aliphatic heterocycles. The number of piperidine rings is 1. The van der Waals surface area contributed by atoms with E-state index in [1.54, 1.807) is 21.9 Å². The molecule has 7 nitrogen and oxygen atoms in total. The SMILES string of the molecule is COc1ccc(C(=O)N2CCCCC2c2cc(C(=O)N3CCc4ccccc43)n[nH]2)cc1F. The standard InChI is InChI=1S/C25H25FN4O3/c1-33-23-10-9-17(14-18(23)26)24(31)29-12-5-4-8-22(29)19-15-20(28-27-19)25(32)30-13-11-16-6-2-3-7-21(16)30/h2-3,6-7,9-10,14-15,22H,4-5,8,11-13H2,1H3,(H,27,28). The second-order valence-corrected chi connectivity index (χ2v) is 8.40. The van der Waals surface area contributed by atoms with Crippen molar-refractivity contribution in [1.82, 2.24) is 15.1 Å². The number of carbonyl (C=O) groups is 2. The monoisotopic (exact) mass is 448 g/mol. The van der Waals surface area contributed by atoms with Crippen LogP contribution >= 0.6 is 0 Å². The summed E-state index contributed by atoms with van der Waals surface area (Å²) in [6.07, 6.45) is 3.38. The highest BCUT2D eigenvalue weighted by Crippen LogP contribution is 2.33. The van der Waals surface area contributed by atoms with E-state index < -0.39 is 5.82 Å². The molecule has 0 radical (unpaired) electrons. The number of H-pyrrole nitrogens is 1. The van der Waals surface area contributed by atoms with Gasteiger partial charge in [0.05, 0.1) is 18.8 Å². The molecule has 0 aliphatic carbocycles. The molecule has 1 N–H and O–H groups in total. The molecule has 33 heavy (non-hydrogen) atoms. The average molecular weight is 448 g/mol. The number of amides is 2. The Bertz CT molecular complexity index is 1210. The summed E-state index contributed by atoms with van der Waals surface area (Å²) in [6.45, 7) is 1.18. The van der Waals surface area contributed by atoms with E-state index in [-0.39, 0.29) is 29.2 Å². The molecule has 1 fully saturated rings. The zero-order chi connectivity index (χ0) is 22.9. The topological polar surface area (TPSA) is 78.5 Å². The number of methoxy groups -OCH3 is 1. The summed E-state index contributed by atoms with van der Waals surface area (Å²) in [5, 5.41) is 7.27. The molecular formula is C25H25FN4O3. The molecule has 0 saturated carbocycles. The Kier molecular flexibility index (Phi) is 5.58. The molecule has 3 heterocycles. The first-order chi connectivity index (χ1) is 16.1. The minimum Gasteiger partial charge on any atom is -0.494 e. The van der Waals surface area contributed by atoms with Crippen LogP contribution in [0.4, 0.5) is 10.1 Å². The van der Waals surface area contributed by atoms with E-state index in [1.807, 2.05) is 24.3 Å². The van der Waals surface area contributed by atoms with E-state index in [9.17, 15) is 14.0 Å². The number of ether oxygens (including phenoxy) is 1. The second kappa shape index (κ2) is 8.69. The van der Waals surface area contributed by atoms with Crippen molar-refractivity contribution in [3.05, 3.63) is 76.9 Å². The van der Waals surface area contributed by atoms with Crippen molar-refractivity contribution in [2.24, 2.45) is 0 Å². The van der Waals surface area contributed by atoms with Gasteiger partial charge in [0.15, 0.2) is 17.3 Å². The van der Waals surface area contributed by atoms with Crippen molar-refractivity contribution in [3.8, 4) is 5.75 Å². The van der Waals surface area contributed by atoms with Crippen molar-refractivity contribution >= 4 is 17.5 Å². The number of aromatic nitrogens is 2. The maximum absolute atomic E-state index is 14.2. The number of rotatable bonds is 4. The summed E-state index contributed by atoms with van der Waals surface area (Å²) >= 11 is 0. The molecule has 0 bridgehead atoms. The summed E-state index contributed by atoms with van der Waals surface area (Å²) in [6, 6.07) is 13.6. The molecule has 0 spiro atoms.